The molecular formula is C8H16O4. The highest BCUT2D eigenvalue weighted by molar-refractivity contribution is 5.70. The van der Waals surface area contributed by atoms with Gasteiger partial charge in [0.25, 0.3) is 0 Å². The Labute approximate surface area is 71.8 Å². The Hall–Kier alpha value is -0.610. The maximum atomic E-state index is 10.5. The van der Waals surface area contributed by atoms with Gasteiger partial charge in [-0.25, -0.2) is 0 Å². The second-order valence-electron chi connectivity index (χ2n) is 2.91. The highest BCUT2D eigenvalue weighted by Gasteiger charge is 2.20. The van der Waals surface area contributed by atoms with E-state index in [1.54, 1.807) is 0 Å². The summed E-state index contributed by atoms with van der Waals surface area (Å²) in [5.41, 5.74) is 0. The van der Waals surface area contributed by atoms with Crippen molar-refractivity contribution in [2.24, 2.45) is 11.8 Å². The molecule has 0 amide bonds. The van der Waals surface area contributed by atoms with Gasteiger partial charge < -0.3 is 15.3 Å². The van der Waals surface area contributed by atoms with Crippen LogP contribution in [0.2, 0.25) is 0 Å². The lowest BCUT2D eigenvalue weighted by Gasteiger charge is -2.15. The lowest BCUT2D eigenvalue weighted by atomic mass is 9.94. The van der Waals surface area contributed by atoms with Crippen LogP contribution in [-0.4, -0.2) is 34.5 Å². The molecule has 3 N–H and O–H groups in total. The maximum absolute atomic E-state index is 10.5. The molecule has 0 aliphatic rings. The second kappa shape index (κ2) is 5.97. The molecule has 0 fully saturated rings. The van der Waals surface area contributed by atoms with Gasteiger partial charge in [0.05, 0.1) is 12.5 Å². The van der Waals surface area contributed by atoms with Gasteiger partial charge in [-0.1, -0.05) is 13.3 Å². The summed E-state index contributed by atoms with van der Waals surface area (Å²) in [6.45, 7) is 1.52. The summed E-state index contributed by atoms with van der Waals surface area (Å²) < 4.78 is 0. The number of hydrogen-bond acceptors (Lipinski definition) is 3. The van der Waals surface area contributed by atoms with E-state index in [0.29, 0.717) is 6.42 Å². The number of hydrogen-bond donors (Lipinski definition) is 3. The van der Waals surface area contributed by atoms with Crippen molar-refractivity contribution < 1.29 is 20.1 Å². The number of aliphatic hydroxyl groups excluding tert-OH is 2. The van der Waals surface area contributed by atoms with Crippen LogP contribution in [0.4, 0.5) is 0 Å². The Morgan fingerprint density at radius 2 is 1.92 bits per heavy atom. The Morgan fingerprint density at radius 1 is 1.33 bits per heavy atom. The molecule has 0 bridgehead atoms. The number of carboxylic acid groups (broad SMARTS) is 1. The van der Waals surface area contributed by atoms with E-state index >= 15 is 0 Å². The van der Waals surface area contributed by atoms with Crippen molar-refractivity contribution >= 4 is 5.97 Å². The zero-order valence-electron chi connectivity index (χ0n) is 7.23. The summed E-state index contributed by atoms with van der Waals surface area (Å²) >= 11 is 0. The van der Waals surface area contributed by atoms with Crippen molar-refractivity contribution in [2.45, 2.75) is 19.8 Å². The zero-order valence-corrected chi connectivity index (χ0v) is 7.23. The minimum absolute atomic E-state index is 0.0136. The van der Waals surface area contributed by atoms with Crippen molar-refractivity contribution in [3.05, 3.63) is 0 Å². The van der Waals surface area contributed by atoms with E-state index in [0.717, 1.165) is 6.42 Å². The molecule has 0 radical (unpaired) electrons. The highest BCUT2D eigenvalue weighted by Crippen LogP contribution is 2.14. The second-order valence-corrected chi connectivity index (χ2v) is 2.91. The van der Waals surface area contributed by atoms with Crippen LogP contribution in [0.25, 0.3) is 0 Å². The van der Waals surface area contributed by atoms with E-state index in [2.05, 4.69) is 0 Å². The first kappa shape index (κ1) is 11.4. The van der Waals surface area contributed by atoms with Gasteiger partial charge in [-0.15, -0.1) is 0 Å². The van der Waals surface area contributed by atoms with Crippen LogP contribution in [0, 0.1) is 11.8 Å². The molecule has 0 spiro atoms. The van der Waals surface area contributed by atoms with Gasteiger partial charge in [-0.3, -0.25) is 4.79 Å². The topological polar surface area (TPSA) is 77.8 Å². The molecule has 12 heavy (non-hydrogen) atoms. The number of rotatable bonds is 6. The average molecular weight is 176 g/mol. The number of aliphatic hydroxyl groups is 2. The van der Waals surface area contributed by atoms with Crippen molar-refractivity contribution in [1.82, 2.24) is 0 Å². The SMILES string of the molecule is CCC(CO)CC(CO)C(=O)O. The fourth-order valence-electron chi connectivity index (χ4n) is 1.03. The molecule has 72 valence electrons. The summed E-state index contributed by atoms with van der Waals surface area (Å²) in [7, 11) is 0. The summed E-state index contributed by atoms with van der Waals surface area (Å²) in [6.07, 6.45) is 1.08. The quantitative estimate of drug-likeness (QED) is 0.536. The number of carbonyl (C=O) groups is 1. The predicted molar refractivity (Wildman–Crippen MR) is 43.7 cm³/mol. The molecule has 0 rings (SSSR count). The lowest BCUT2D eigenvalue weighted by molar-refractivity contribution is -0.143. The van der Waals surface area contributed by atoms with E-state index in [1.807, 2.05) is 6.92 Å². The molecule has 0 saturated heterocycles. The summed E-state index contributed by atoms with van der Waals surface area (Å²) in [4.78, 5) is 10.5. The van der Waals surface area contributed by atoms with Gasteiger partial charge in [0.15, 0.2) is 0 Å². The Balaban J connectivity index is 3.91. The Kier molecular flexibility index (Phi) is 5.66. The fourth-order valence-corrected chi connectivity index (χ4v) is 1.03. The normalized spacial score (nSPS) is 15.6. The molecule has 4 nitrogen and oxygen atoms in total. The highest BCUT2D eigenvalue weighted by atomic mass is 16.4. The molecule has 0 heterocycles. The van der Waals surface area contributed by atoms with E-state index in [-0.39, 0.29) is 19.1 Å². The van der Waals surface area contributed by atoms with E-state index in [1.165, 1.54) is 0 Å². The van der Waals surface area contributed by atoms with Gasteiger partial charge in [0.2, 0.25) is 0 Å². The average Bonchev–Trinajstić information content (AvgIpc) is 2.06. The maximum Gasteiger partial charge on any atom is 0.308 e. The van der Waals surface area contributed by atoms with Crippen LogP contribution in [0.15, 0.2) is 0 Å². The van der Waals surface area contributed by atoms with E-state index < -0.39 is 11.9 Å². The van der Waals surface area contributed by atoms with Gasteiger partial charge in [0, 0.05) is 6.61 Å². The minimum atomic E-state index is -0.996. The number of carboxylic acids is 1. The molecule has 0 aliphatic carbocycles. The van der Waals surface area contributed by atoms with Gasteiger partial charge in [-0.05, 0) is 12.3 Å². The van der Waals surface area contributed by atoms with Crippen LogP contribution >= 0.6 is 0 Å². The number of aliphatic carboxylic acids is 1. The molecule has 0 saturated carbocycles. The van der Waals surface area contributed by atoms with Crippen LogP contribution in [-0.2, 0) is 4.79 Å². The smallest absolute Gasteiger partial charge is 0.308 e. The molecule has 2 atom stereocenters. The molecule has 4 heteroatoms. The molecular weight excluding hydrogens is 160 g/mol. The van der Waals surface area contributed by atoms with Crippen molar-refractivity contribution in [3.8, 4) is 0 Å². The predicted octanol–water partition coefficient (Wildman–Crippen LogP) is 0.0881. The third kappa shape index (κ3) is 3.69. The van der Waals surface area contributed by atoms with Crippen LogP contribution in [0.1, 0.15) is 19.8 Å². The van der Waals surface area contributed by atoms with Gasteiger partial charge >= 0.3 is 5.97 Å². The molecule has 0 aromatic rings. The van der Waals surface area contributed by atoms with E-state index in [9.17, 15) is 4.79 Å². The monoisotopic (exact) mass is 176 g/mol. The summed E-state index contributed by atoms with van der Waals surface area (Å²) in [6, 6.07) is 0. The lowest BCUT2D eigenvalue weighted by Crippen LogP contribution is -2.22. The first-order valence-corrected chi connectivity index (χ1v) is 4.10. The Bertz CT molecular complexity index is 131. The first-order valence-electron chi connectivity index (χ1n) is 4.10. The third-order valence-corrected chi connectivity index (χ3v) is 2.02. The summed E-state index contributed by atoms with van der Waals surface area (Å²) in [5, 5.41) is 26.0. The van der Waals surface area contributed by atoms with Crippen LogP contribution < -0.4 is 0 Å². The Morgan fingerprint density at radius 3 is 2.17 bits per heavy atom. The third-order valence-electron chi connectivity index (χ3n) is 2.02. The standard InChI is InChI=1S/C8H16O4/c1-2-6(4-9)3-7(5-10)8(11)12/h6-7,9-10H,2-5H2,1H3,(H,11,12). The fraction of sp³-hybridized carbons (Fsp3) is 0.875. The molecule has 2 unspecified atom stereocenters. The van der Waals surface area contributed by atoms with Crippen molar-refractivity contribution in [1.29, 1.82) is 0 Å². The molecule has 0 aliphatic heterocycles. The van der Waals surface area contributed by atoms with E-state index in [4.69, 9.17) is 15.3 Å². The van der Waals surface area contributed by atoms with Crippen molar-refractivity contribution in [3.63, 3.8) is 0 Å². The zero-order chi connectivity index (χ0) is 9.56. The van der Waals surface area contributed by atoms with Gasteiger partial charge in [-0.2, -0.15) is 0 Å². The van der Waals surface area contributed by atoms with Crippen LogP contribution in [0.5, 0.6) is 0 Å². The van der Waals surface area contributed by atoms with Crippen molar-refractivity contribution in [2.75, 3.05) is 13.2 Å². The molecule has 0 aromatic carbocycles. The largest absolute Gasteiger partial charge is 0.481 e. The van der Waals surface area contributed by atoms with Gasteiger partial charge in [0.1, 0.15) is 0 Å². The minimum Gasteiger partial charge on any atom is -0.481 e. The summed E-state index contributed by atoms with van der Waals surface area (Å²) in [5.74, 6) is -1.75. The van der Waals surface area contributed by atoms with Crippen LogP contribution in [0.3, 0.4) is 0 Å². The molecule has 0 aromatic heterocycles. The first-order chi connectivity index (χ1) is 5.65.